The van der Waals surface area contributed by atoms with Gasteiger partial charge in [0.1, 0.15) is 0 Å². The highest BCUT2D eigenvalue weighted by atomic mass is 15.1. The monoisotopic (exact) mass is 286 g/mol. The predicted octanol–water partition coefficient (Wildman–Crippen LogP) is 2.84. The molecule has 0 spiro atoms. The third-order valence-electron chi connectivity index (χ3n) is 4.22. The van der Waals surface area contributed by atoms with E-state index < -0.39 is 0 Å². The number of nitrogens with zero attached hydrogens (tertiary/aromatic N) is 3. The van der Waals surface area contributed by atoms with E-state index in [1.54, 1.807) is 0 Å². The lowest BCUT2D eigenvalue weighted by Gasteiger charge is -2.24. The zero-order chi connectivity index (χ0) is 15.4. The van der Waals surface area contributed by atoms with Crippen molar-refractivity contribution in [2.45, 2.75) is 46.6 Å². The van der Waals surface area contributed by atoms with Crippen molar-refractivity contribution in [1.82, 2.24) is 20.1 Å². The fourth-order valence-electron chi connectivity index (χ4n) is 2.62. The van der Waals surface area contributed by atoms with Gasteiger partial charge in [0.15, 0.2) is 0 Å². The van der Waals surface area contributed by atoms with Crippen LogP contribution in [0.3, 0.4) is 0 Å². The van der Waals surface area contributed by atoms with Crippen molar-refractivity contribution < 1.29 is 0 Å². The summed E-state index contributed by atoms with van der Waals surface area (Å²) in [6.45, 7) is 9.58. The number of H-pyrrole nitrogens is 1. The van der Waals surface area contributed by atoms with Crippen LogP contribution in [0.1, 0.15) is 35.1 Å². The number of hydrogen-bond acceptors (Lipinski definition) is 3. The molecule has 0 aromatic carbocycles. The number of likely N-dealkylation sites (N-methyl/N-ethyl adjacent to an activating group) is 1. The van der Waals surface area contributed by atoms with Crippen LogP contribution in [0.5, 0.6) is 0 Å². The Balaban J connectivity index is 1.89. The normalized spacial score (nSPS) is 12.9. The van der Waals surface area contributed by atoms with E-state index in [0.29, 0.717) is 6.04 Å². The Kier molecular flexibility index (Phi) is 5.12. The molecule has 114 valence electrons. The Morgan fingerprint density at radius 1 is 1.29 bits per heavy atom. The number of nitrogens with one attached hydrogen (secondary N) is 1. The lowest BCUT2D eigenvalue weighted by atomic mass is 10.1. The van der Waals surface area contributed by atoms with Gasteiger partial charge in [0.25, 0.3) is 0 Å². The van der Waals surface area contributed by atoms with Gasteiger partial charge in [-0.15, -0.1) is 0 Å². The van der Waals surface area contributed by atoms with Crippen molar-refractivity contribution >= 4 is 0 Å². The molecule has 0 saturated carbocycles. The topological polar surface area (TPSA) is 44.8 Å². The minimum Gasteiger partial charge on any atom is -0.303 e. The van der Waals surface area contributed by atoms with Crippen LogP contribution >= 0.6 is 0 Å². The lowest BCUT2D eigenvalue weighted by Crippen LogP contribution is -2.33. The summed E-state index contributed by atoms with van der Waals surface area (Å²) in [6, 6.07) is 4.70. The van der Waals surface area contributed by atoms with Crippen LogP contribution in [0.2, 0.25) is 0 Å². The Bertz CT molecular complexity index is 569. The summed E-state index contributed by atoms with van der Waals surface area (Å²) in [5.74, 6) is 0. The molecule has 2 aromatic rings. The molecule has 2 heterocycles. The Morgan fingerprint density at radius 3 is 2.67 bits per heavy atom. The molecular weight excluding hydrogens is 260 g/mol. The van der Waals surface area contributed by atoms with E-state index in [2.05, 4.69) is 60.9 Å². The molecular formula is C17H26N4. The average molecular weight is 286 g/mol. The molecule has 1 atom stereocenters. The molecule has 2 rings (SSSR count). The Labute approximate surface area is 127 Å². The number of aromatic amines is 1. The van der Waals surface area contributed by atoms with Crippen molar-refractivity contribution in [3.05, 3.63) is 46.5 Å². The minimum atomic E-state index is 0.479. The summed E-state index contributed by atoms with van der Waals surface area (Å²) in [4.78, 5) is 6.86. The molecule has 4 heteroatoms. The average Bonchev–Trinajstić information content (AvgIpc) is 2.75. The van der Waals surface area contributed by atoms with Crippen molar-refractivity contribution in [2.24, 2.45) is 0 Å². The van der Waals surface area contributed by atoms with E-state index in [1.807, 2.05) is 12.3 Å². The van der Waals surface area contributed by atoms with E-state index in [1.165, 1.54) is 22.5 Å². The van der Waals surface area contributed by atoms with Crippen LogP contribution < -0.4 is 0 Å². The van der Waals surface area contributed by atoms with Crippen LogP contribution in [0.4, 0.5) is 0 Å². The summed E-state index contributed by atoms with van der Waals surface area (Å²) in [5.41, 5.74) is 6.11. The number of aryl methyl sites for hydroxylation is 3. The molecule has 0 saturated heterocycles. The highest BCUT2D eigenvalue weighted by Crippen LogP contribution is 2.12. The van der Waals surface area contributed by atoms with Gasteiger partial charge in [0, 0.05) is 36.6 Å². The largest absolute Gasteiger partial charge is 0.303 e. The van der Waals surface area contributed by atoms with E-state index in [9.17, 15) is 0 Å². The summed E-state index contributed by atoms with van der Waals surface area (Å²) in [5, 5.41) is 7.32. The maximum atomic E-state index is 4.46. The quantitative estimate of drug-likeness (QED) is 0.888. The number of rotatable bonds is 6. The van der Waals surface area contributed by atoms with E-state index in [4.69, 9.17) is 0 Å². The van der Waals surface area contributed by atoms with Gasteiger partial charge >= 0.3 is 0 Å². The summed E-state index contributed by atoms with van der Waals surface area (Å²) < 4.78 is 0. The van der Waals surface area contributed by atoms with Gasteiger partial charge in [-0.25, -0.2) is 0 Å². The van der Waals surface area contributed by atoms with Gasteiger partial charge in [-0.05, 0) is 64.4 Å². The highest BCUT2D eigenvalue weighted by Gasteiger charge is 2.13. The fourth-order valence-corrected chi connectivity index (χ4v) is 2.62. The standard InChI is InChI=1S/C17H26N4/c1-12-6-8-18-16(10-12)11-13(2)21(5)9-7-17-14(3)19-20-15(17)4/h6,8,10,13H,7,9,11H2,1-5H3,(H,19,20)/t13-/m1/s1. The molecule has 0 fully saturated rings. The van der Waals surface area contributed by atoms with Crippen LogP contribution in [-0.4, -0.2) is 39.7 Å². The number of aromatic nitrogens is 3. The molecule has 1 N–H and O–H groups in total. The predicted molar refractivity (Wildman–Crippen MR) is 86.5 cm³/mol. The lowest BCUT2D eigenvalue weighted by molar-refractivity contribution is 0.258. The molecule has 0 aliphatic heterocycles. The van der Waals surface area contributed by atoms with Crippen LogP contribution in [0.15, 0.2) is 18.3 Å². The van der Waals surface area contributed by atoms with Gasteiger partial charge in [0.05, 0.1) is 5.69 Å². The van der Waals surface area contributed by atoms with Gasteiger partial charge < -0.3 is 4.90 Å². The highest BCUT2D eigenvalue weighted by molar-refractivity contribution is 5.23. The fraction of sp³-hybridized carbons (Fsp3) is 0.529. The maximum absolute atomic E-state index is 4.46. The van der Waals surface area contributed by atoms with Crippen molar-refractivity contribution in [3.63, 3.8) is 0 Å². The second-order valence-corrected chi connectivity index (χ2v) is 6.02. The van der Waals surface area contributed by atoms with E-state index >= 15 is 0 Å². The SMILES string of the molecule is Cc1ccnc(C[C@@H](C)N(C)CCc2c(C)n[nH]c2C)c1. The van der Waals surface area contributed by atoms with Gasteiger partial charge in [-0.1, -0.05) is 0 Å². The van der Waals surface area contributed by atoms with Gasteiger partial charge in [-0.3, -0.25) is 10.1 Å². The molecule has 21 heavy (non-hydrogen) atoms. The first-order chi connectivity index (χ1) is 9.97. The summed E-state index contributed by atoms with van der Waals surface area (Å²) in [7, 11) is 2.19. The molecule has 2 aromatic heterocycles. The molecule has 4 nitrogen and oxygen atoms in total. The van der Waals surface area contributed by atoms with Gasteiger partial charge in [-0.2, -0.15) is 5.10 Å². The first-order valence-electron chi connectivity index (χ1n) is 7.59. The van der Waals surface area contributed by atoms with Crippen LogP contribution in [0.25, 0.3) is 0 Å². The van der Waals surface area contributed by atoms with Crippen LogP contribution in [0, 0.1) is 20.8 Å². The van der Waals surface area contributed by atoms with Crippen molar-refractivity contribution in [1.29, 1.82) is 0 Å². The molecule has 0 radical (unpaired) electrons. The summed E-state index contributed by atoms with van der Waals surface area (Å²) in [6.07, 6.45) is 3.92. The smallest absolute Gasteiger partial charge is 0.0626 e. The Morgan fingerprint density at radius 2 is 2.05 bits per heavy atom. The van der Waals surface area contributed by atoms with E-state index in [-0.39, 0.29) is 0 Å². The molecule has 0 aliphatic rings. The minimum absolute atomic E-state index is 0.479. The van der Waals surface area contributed by atoms with Gasteiger partial charge in [0.2, 0.25) is 0 Å². The van der Waals surface area contributed by atoms with Crippen molar-refractivity contribution in [3.8, 4) is 0 Å². The second-order valence-electron chi connectivity index (χ2n) is 6.02. The third-order valence-corrected chi connectivity index (χ3v) is 4.22. The molecule has 0 bridgehead atoms. The molecule has 0 unspecified atom stereocenters. The van der Waals surface area contributed by atoms with Crippen LogP contribution in [-0.2, 0) is 12.8 Å². The Hall–Kier alpha value is -1.68. The number of pyridine rings is 1. The zero-order valence-corrected chi connectivity index (χ0v) is 13.8. The number of hydrogen-bond donors (Lipinski definition) is 1. The third kappa shape index (κ3) is 4.14. The molecule has 0 amide bonds. The maximum Gasteiger partial charge on any atom is 0.0626 e. The second kappa shape index (κ2) is 6.85. The summed E-state index contributed by atoms with van der Waals surface area (Å²) >= 11 is 0. The zero-order valence-electron chi connectivity index (χ0n) is 13.8. The first-order valence-corrected chi connectivity index (χ1v) is 7.59. The van der Waals surface area contributed by atoms with Crippen molar-refractivity contribution in [2.75, 3.05) is 13.6 Å². The van der Waals surface area contributed by atoms with E-state index in [0.717, 1.165) is 25.1 Å². The first kappa shape index (κ1) is 15.7. The molecule has 0 aliphatic carbocycles.